The van der Waals surface area contributed by atoms with Crippen LogP contribution in [0, 0.1) is 5.92 Å². The van der Waals surface area contributed by atoms with E-state index in [0.29, 0.717) is 25.0 Å². The molecule has 0 saturated carbocycles. The highest BCUT2D eigenvalue weighted by atomic mass is 32.2. The van der Waals surface area contributed by atoms with E-state index in [2.05, 4.69) is 15.6 Å². The van der Waals surface area contributed by atoms with Crippen LogP contribution in [0.5, 0.6) is 0 Å². The topological polar surface area (TPSA) is 73.8 Å². The Kier molecular flexibility index (Phi) is 6.83. The molecule has 6 nitrogen and oxygen atoms in total. The van der Waals surface area contributed by atoms with Crippen molar-refractivity contribution < 1.29 is 8.42 Å². The number of piperidine rings is 1. The zero-order valence-corrected chi connectivity index (χ0v) is 15.2. The van der Waals surface area contributed by atoms with Crippen LogP contribution in [0.15, 0.2) is 4.99 Å². The van der Waals surface area contributed by atoms with Gasteiger partial charge in [-0.1, -0.05) is 0 Å². The van der Waals surface area contributed by atoms with Gasteiger partial charge in [0.2, 0.25) is 10.0 Å². The molecule has 2 saturated heterocycles. The number of nitrogens with one attached hydrogen (secondary N) is 2. The van der Waals surface area contributed by atoms with Gasteiger partial charge in [0.1, 0.15) is 0 Å². The van der Waals surface area contributed by atoms with Crippen molar-refractivity contribution in [3.05, 3.63) is 0 Å². The summed E-state index contributed by atoms with van der Waals surface area (Å²) in [6.45, 7) is 2.13. The molecule has 0 amide bonds. The molecule has 0 aromatic rings. The molecule has 1 unspecified atom stereocenters. The first kappa shape index (κ1) is 17.9. The van der Waals surface area contributed by atoms with Gasteiger partial charge in [0.05, 0.1) is 6.26 Å². The third-order valence-electron chi connectivity index (χ3n) is 4.33. The van der Waals surface area contributed by atoms with Crippen LogP contribution in [0.25, 0.3) is 0 Å². The number of nitrogens with zero attached hydrogens (tertiary/aromatic N) is 2. The lowest BCUT2D eigenvalue weighted by Crippen LogP contribution is -2.48. The molecular formula is C14H28N4O2S2. The van der Waals surface area contributed by atoms with Gasteiger partial charge in [-0.05, 0) is 37.4 Å². The Morgan fingerprint density at radius 3 is 2.59 bits per heavy atom. The van der Waals surface area contributed by atoms with Crippen molar-refractivity contribution in [3.8, 4) is 0 Å². The molecule has 2 heterocycles. The molecule has 22 heavy (non-hydrogen) atoms. The minimum absolute atomic E-state index is 0.511. The van der Waals surface area contributed by atoms with E-state index in [-0.39, 0.29) is 0 Å². The third kappa shape index (κ3) is 5.62. The molecule has 2 fully saturated rings. The molecule has 2 N–H and O–H groups in total. The molecule has 2 aliphatic rings. The second-order valence-corrected chi connectivity index (χ2v) is 9.25. The first-order valence-corrected chi connectivity index (χ1v) is 11.0. The first-order valence-electron chi connectivity index (χ1n) is 7.99. The third-order valence-corrected chi connectivity index (χ3v) is 6.84. The minimum atomic E-state index is -3.03. The summed E-state index contributed by atoms with van der Waals surface area (Å²) in [6, 6.07) is 0.511. The molecule has 2 rings (SSSR count). The maximum Gasteiger partial charge on any atom is 0.211 e. The molecule has 8 heteroatoms. The second-order valence-electron chi connectivity index (χ2n) is 6.12. The fraction of sp³-hybridized carbons (Fsp3) is 0.929. The molecule has 0 bridgehead atoms. The van der Waals surface area contributed by atoms with Crippen molar-refractivity contribution in [2.45, 2.75) is 31.7 Å². The highest BCUT2D eigenvalue weighted by Gasteiger charge is 2.25. The number of aliphatic imine (C=N–C) groups is 1. The lowest BCUT2D eigenvalue weighted by molar-refractivity contribution is 0.274. The van der Waals surface area contributed by atoms with E-state index < -0.39 is 10.0 Å². The summed E-state index contributed by atoms with van der Waals surface area (Å²) < 4.78 is 24.6. The van der Waals surface area contributed by atoms with Crippen LogP contribution in [0.1, 0.15) is 25.7 Å². The van der Waals surface area contributed by atoms with E-state index in [1.54, 1.807) is 11.4 Å². The van der Waals surface area contributed by atoms with E-state index in [4.69, 9.17) is 0 Å². The van der Waals surface area contributed by atoms with Crippen molar-refractivity contribution in [1.29, 1.82) is 0 Å². The number of hydrogen-bond acceptors (Lipinski definition) is 4. The van der Waals surface area contributed by atoms with Gasteiger partial charge in [-0.15, -0.1) is 0 Å². The van der Waals surface area contributed by atoms with Gasteiger partial charge >= 0.3 is 0 Å². The first-order chi connectivity index (χ1) is 10.5. The Morgan fingerprint density at radius 2 is 2.05 bits per heavy atom. The molecule has 128 valence electrons. The quantitative estimate of drug-likeness (QED) is 0.578. The Morgan fingerprint density at radius 1 is 1.32 bits per heavy atom. The summed E-state index contributed by atoms with van der Waals surface area (Å²) in [5.74, 6) is 3.80. The van der Waals surface area contributed by atoms with Crippen LogP contribution in [0.4, 0.5) is 0 Å². The fourth-order valence-electron chi connectivity index (χ4n) is 2.93. The van der Waals surface area contributed by atoms with Crippen LogP contribution >= 0.6 is 11.8 Å². The maximum absolute atomic E-state index is 11.5. The van der Waals surface area contributed by atoms with E-state index in [1.807, 2.05) is 11.8 Å². The zero-order chi connectivity index (χ0) is 16.0. The van der Waals surface area contributed by atoms with Gasteiger partial charge in [-0.2, -0.15) is 11.8 Å². The number of hydrogen-bond donors (Lipinski definition) is 2. The molecule has 0 aliphatic carbocycles. The summed E-state index contributed by atoms with van der Waals surface area (Å²) >= 11 is 2.00. The van der Waals surface area contributed by atoms with Crippen molar-refractivity contribution >= 4 is 27.7 Å². The van der Waals surface area contributed by atoms with E-state index in [9.17, 15) is 8.42 Å². The van der Waals surface area contributed by atoms with Gasteiger partial charge in [0.25, 0.3) is 0 Å². The van der Waals surface area contributed by atoms with Crippen LogP contribution in [-0.4, -0.2) is 69.2 Å². The Balaban J connectivity index is 1.70. The monoisotopic (exact) mass is 348 g/mol. The minimum Gasteiger partial charge on any atom is -0.356 e. The molecule has 0 spiro atoms. The molecule has 1 atom stereocenters. The van der Waals surface area contributed by atoms with Crippen molar-refractivity contribution in [3.63, 3.8) is 0 Å². The zero-order valence-electron chi connectivity index (χ0n) is 13.5. The molecule has 2 aliphatic heterocycles. The largest absolute Gasteiger partial charge is 0.356 e. The SMILES string of the molecule is CN=C(NCC1CCN(S(C)(=O)=O)CC1)NC1CCCSC1. The predicted octanol–water partition coefficient (Wildman–Crippen LogP) is 0.719. The number of guanidine groups is 1. The highest BCUT2D eigenvalue weighted by Crippen LogP contribution is 2.19. The summed E-state index contributed by atoms with van der Waals surface area (Å²) in [7, 11) is -1.23. The average molecular weight is 349 g/mol. The summed E-state index contributed by atoms with van der Waals surface area (Å²) in [5.41, 5.74) is 0. The van der Waals surface area contributed by atoms with Gasteiger partial charge in [0, 0.05) is 38.5 Å². The lowest BCUT2D eigenvalue weighted by Gasteiger charge is -2.31. The molecule has 0 aromatic heterocycles. The molecular weight excluding hydrogens is 320 g/mol. The van der Waals surface area contributed by atoms with E-state index in [0.717, 1.165) is 31.1 Å². The maximum atomic E-state index is 11.5. The number of rotatable bonds is 4. The molecule has 0 aromatic carbocycles. The Labute approximate surface area is 138 Å². The normalized spacial score (nSPS) is 25.9. The summed E-state index contributed by atoms with van der Waals surface area (Å²) in [6.07, 6.45) is 5.59. The Hall–Kier alpha value is -0.470. The van der Waals surface area contributed by atoms with E-state index >= 15 is 0 Å². The Bertz CT molecular complexity index is 467. The van der Waals surface area contributed by atoms with Crippen molar-refractivity contribution in [1.82, 2.24) is 14.9 Å². The van der Waals surface area contributed by atoms with E-state index in [1.165, 1.54) is 24.9 Å². The smallest absolute Gasteiger partial charge is 0.211 e. The highest BCUT2D eigenvalue weighted by molar-refractivity contribution is 7.99. The van der Waals surface area contributed by atoms with Crippen molar-refractivity contribution in [2.24, 2.45) is 10.9 Å². The van der Waals surface area contributed by atoms with Gasteiger partial charge in [-0.3, -0.25) is 4.99 Å². The van der Waals surface area contributed by atoms with Crippen LogP contribution in [0.2, 0.25) is 0 Å². The summed E-state index contributed by atoms with van der Waals surface area (Å²) in [5, 5.41) is 6.89. The van der Waals surface area contributed by atoms with Crippen LogP contribution in [-0.2, 0) is 10.0 Å². The molecule has 0 radical (unpaired) electrons. The number of thioether (sulfide) groups is 1. The predicted molar refractivity (Wildman–Crippen MR) is 94.0 cm³/mol. The summed E-state index contributed by atoms with van der Waals surface area (Å²) in [4.78, 5) is 4.30. The van der Waals surface area contributed by atoms with Crippen LogP contribution in [0.3, 0.4) is 0 Å². The van der Waals surface area contributed by atoms with Gasteiger partial charge in [-0.25, -0.2) is 12.7 Å². The lowest BCUT2D eigenvalue weighted by atomic mass is 9.98. The van der Waals surface area contributed by atoms with Crippen molar-refractivity contribution in [2.75, 3.05) is 44.4 Å². The van der Waals surface area contributed by atoms with Gasteiger partial charge in [0.15, 0.2) is 5.96 Å². The van der Waals surface area contributed by atoms with Gasteiger partial charge < -0.3 is 10.6 Å². The average Bonchev–Trinajstić information content (AvgIpc) is 2.52. The fourth-order valence-corrected chi connectivity index (χ4v) is 4.87. The van der Waals surface area contributed by atoms with Crippen LogP contribution < -0.4 is 10.6 Å². The number of sulfonamides is 1. The second kappa shape index (κ2) is 8.40. The standard InChI is InChI=1S/C14H28N4O2S2/c1-15-14(17-13-4-3-9-21-11-13)16-10-12-5-7-18(8-6-12)22(2,19)20/h12-13H,3-11H2,1-2H3,(H2,15,16,17).